The van der Waals surface area contributed by atoms with E-state index < -0.39 is 0 Å². The van der Waals surface area contributed by atoms with Gasteiger partial charge in [-0.05, 0) is 24.1 Å². The molecule has 0 bridgehead atoms. The summed E-state index contributed by atoms with van der Waals surface area (Å²) in [5.41, 5.74) is 1.69. The minimum atomic E-state index is -0.309. The van der Waals surface area contributed by atoms with E-state index in [2.05, 4.69) is 20.7 Å². The zero-order valence-corrected chi connectivity index (χ0v) is 10.8. The molecule has 1 aromatic rings. The molecular weight excluding hydrogens is 272 g/mol. The smallest absolute Gasteiger partial charge is 0.310 e. The Morgan fingerprint density at radius 1 is 1.31 bits per heavy atom. The third-order valence-electron chi connectivity index (χ3n) is 2.20. The highest BCUT2D eigenvalue weighted by Gasteiger charge is 2.12. The van der Waals surface area contributed by atoms with Gasteiger partial charge in [-0.15, -0.1) is 0 Å². The van der Waals surface area contributed by atoms with Crippen LogP contribution in [0.25, 0.3) is 0 Å². The van der Waals surface area contributed by atoms with Crippen molar-refractivity contribution in [1.82, 2.24) is 0 Å². The molecular formula is C12H13BrO3. The van der Waals surface area contributed by atoms with E-state index in [-0.39, 0.29) is 18.2 Å². The second kappa shape index (κ2) is 5.80. The van der Waals surface area contributed by atoms with Gasteiger partial charge in [0.1, 0.15) is 5.78 Å². The molecule has 0 atom stereocenters. The van der Waals surface area contributed by atoms with Crippen LogP contribution in [0.15, 0.2) is 22.7 Å². The Bertz CT molecular complexity index is 413. The highest BCUT2D eigenvalue weighted by Crippen LogP contribution is 2.22. The molecule has 0 spiro atoms. The second-order valence-corrected chi connectivity index (χ2v) is 4.36. The molecule has 4 heteroatoms. The van der Waals surface area contributed by atoms with Gasteiger partial charge in [0.15, 0.2) is 0 Å². The summed E-state index contributed by atoms with van der Waals surface area (Å²) < 4.78 is 5.45. The number of ketones is 1. The first-order valence-electron chi connectivity index (χ1n) is 4.87. The molecule has 0 aromatic heterocycles. The van der Waals surface area contributed by atoms with E-state index in [0.29, 0.717) is 6.42 Å². The zero-order valence-electron chi connectivity index (χ0n) is 9.25. The Morgan fingerprint density at radius 3 is 2.56 bits per heavy atom. The molecule has 16 heavy (non-hydrogen) atoms. The molecule has 0 N–H and O–H groups in total. The van der Waals surface area contributed by atoms with E-state index in [4.69, 9.17) is 0 Å². The Hall–Kier alpha value is -1.16. The van der Waals surface area contributed by atoms with Crippen molar-refractivity contribution in [1.29, 1.82) is 0 Å². The molecule has 0 fully saturated rings. The van der Waals surface area contributed by atoms with Crippen LogP contribution in [0.1, 0.15) is 18.1 Å². The van der Waals surface area contributed by atoms with Crippen LogP contribution in [0.4, 0.5) is 0 Å². The molecule has 0 amide bonds. The molecule has 1 rings (SSSR count). The van der Waals surface area contributed by atoms with Crippen LogP contribution < -0.4 is 0 Å². The van der Waals surface area contributed by atoms with Crippen LogP contribution in [0.5, 0.6) is 0 Å². The number of carbonyl (C=O) groups excluding carboxylic acids is 2. The van der Waals surface area contributed by atoms with E-state index in [0.717, 1.165) is 15.6 Å². The lowest BCUT2D eigenvalue weighted by atomic mass is 10.0. The third kappa shape index (κ3) is 3.45. The number of hydrogen-bond acceptors (Lipinski definition) is 3. The number of ether oxygens (including phenoxy) is 1. The van der Waals surface area contributed by atoms with E-state index in [1.54, 1.807) is 0 Å². The lowest BCUT2D eigenvalue weighted by molar-refractivity contribution is -0.139. The number of esters is 1. The first-order valence-corrected chi connectivity index (χ1v) is 5.66. The number of rotatable bonds is 4. The zero-order chi connectivity index (χ0) is 12.1. The van der Waals surface area contributed by atoms with Gasteiger partial charge in [0, 0.05) is 10.9 Å². The summed E-state index contributed by atoms with van der Waals surface area (Å²) in [4.78, 5) is 22.3. The standard InChI is InChI=1S/C12H13BrO3/c1-8(14)6-9-4-3-5-11(13)10(9)7-12(15)16-2/h3-5H,6-7H2,1-2H3. The van der Waals surface area contributed by atoms with Crippen molar-refractivity contribution in [2.24, 2.45) is 0 Å². The molecule has 0 radical (unpaired) electrons. The minimum Gasteiger partial charge on any atom is -0.469 e. The Kier molecular flexibility index (Phi) is 4.68. The fourth-order valence-corrected chi connectivity index (χ4v) is 2.00. The Labute approximate surface area is 103 Å². The highest BCUT2D eigenvalue weighted by molar-refractivity contribution is 9.10. The van der Waals surface area contributed by atoms with E-state index in [1.807, 2.05) is 18.2 Å². The van der Waals surface area contributed by atoms with Crippen LogP contribution in [0, 0.1) is 0 Å². The van der Waals surface area contributed by atoms with Gasteiger partial charge in [-0.25, -0.2) is 0 Å². The first kappa shape index (κ1) is 12.9. The molecule has 1 aromatic carbocycles. The van der Waals surface area contributed by atoms with Crippen molar-refractivity contribution >= 4 is 27.7 Å². The fourth-order valence-electron chi connectivity index (χ4n) is 1.45. The molecule has 0 saturated heterocycles. The number of halogens is 1. The summed E-state index contributed by atoms with van der Waals surface area (Å²) in [5, 5.41) is 0. The summed E-state index contributed by atoms with van der Waals surface area (Å²) >= 11 is 3.38. The summed E-state index contributed by atoms with van der Waals surface area (Å²) in [6.07, 6.45) is 0.520. The second-order valence-electron chi connectivity index (χ2n) is 3.51. The topological polar surface area (TPSA) is 43.4 Å². The average Bonchev–Trinajstić information content (AvgIpc) is 2.22. The van der Waals surface area contributed by atoms with Crippen LogP contribution in [0.3, 0.4) is 0 Å². The molecule has 3 nitrogen and oxygen atoms in total. The normalized spacial score (nSPS) is 9.94. The lowest BCUT2D eigenvalue weighted by Gasteiger charge is -2.09. The van der Waals surface area contributed by atoms with Gasteiger partial charge in [0.05, 0.1) is 13.5 Å². The quantitative estimate of drug-likeness (QED) is 0.797. The van der Waals surface area contributed by atoms with Crippen molar-refractivity contribution in [3.8, 4) is 0 Å². The molecule has 0 aliphatic rings. The molecule has 86 valence electrons. The van der Waals surface area contributed by atoms with Crippen molar-refractivity contribution in [3.63, 3.8) is 0 Å². The van der Waals surface area contributed by atoms with Crippen LogP contribution in [-0.4, -0.2) is 18.9 Å². The van der Waals surface area contributed by atoms with E-state index >= 15 is 0 Å². The predicted octanol–water partition coefficient (Wildman–Crippen LogP) is 2.30. The molecule has 0 aliphatic carbocycles. The van der Waals surface area contributed by atoms with E-state index in [1.165, 1.54) is 14.0 Å². The largest absolute Gasteiger partial charge is 0.469 e. The Morgan fingerprint density at radius 2 is 2.00 bits per heavy atom. The number of methoxy groups -OCH3 is 1. The summed E-state index contributed by atoms with van der Waals surface area (Å²) in [6.45, 7) is 1.53. The van der Waals surface area contributed by atoms with Gasteiger partial charge >= 0.3 is 5.97 Å². The molecule has 0 unspecified atom stereocenters. The fraction of sp³-hybridized carbons (Fsp3) is 0.333. The molecule has 0 saturated carbocycles. The monoisotopic (exact) mass is 284 g/mol. The number of carbonyl (C=O) groups is 2. The molecule has 0 heterocycles. The van der Waals surface area contributed by atoms with Crippen molar-refractivity contribution < 1.29 is 14.3 Å². The Balaban J connectivity index is 3.03. The number of Topliss-reactive ketones (excluding diaryl/α,β-unsaturated/α-hetero) is 1. The average molecular weight is 285 g/mol. The van der Waals surface area contributed by atoms with Gasteiger partial charge in [0.25, 0.3) is 0 Å². The van der Waals surface area contributed by atoms with Crippen molar-refractivity contribution in [3.05, 3.63) is 33.8 Å². The summed E-state index contributed by atoms with van der Waals surface area (Å²) in [7, 11) is 1.35. The summed E-state index contributed by atoms with van der Waals surface area (Å²) in [6, 6.07) is 5.55. The number of hydrogen-bond donors (Lipinski definition) is 0. The SMILES string of the molecule is COC(=O)Cc1c(Br)cccc1CC(C)=O. The maximum Gasteiger partial charge on any atom is 0.310 e. The van der Waals surface area contributed by atoms with Gasteiger partial charge in [0.2, 0.25) is 0 Å². The minimum absolute atomic E-state index is 0.0733. The third-order valence-corrected chi connectivity index (χ3v) is 2.95. The number of benzene rings is 1. The van der Waals surface area contributed by atoms with Gasteiger partial charge in [-0.1, -0.05) is 28.1 Å². The summed E-state index contributed by atoms with van der Waals surface area (Å²) in [5.74, 6) is -0.235. The first-order chi connectivity index (χ1) is 7.54. The van der Waals surface area contributed by atoms with Crippen molar-refractivity contribution in [2.45, 2.75) is 19.8 Å². The van der Waals surface area contributed by atoms with Crippen LogP contribution in [-0.2, 0) is 27.2 Å². The van der Waals surface area contributed by atoms with Crippen LogP contribution in [0.2, 0.25) is 0 Å². The molecule has 0 aliphatic heterocycles. The lowest BCUT2D eigenvalue weighted by Crippen LogP contribution is -2.09. The maximum absolute atomic E-state index is 11.2. The maximum atomic E-state index is 11.2. The predicted molar refractivity (Wildman–Crippen MR) is 64.2 cm³/mol. The van der Waals surface area contributed by atoms with Gasteiger partial charge in [-0.2, -0.15) is 0 Å². The van der Waals surface area contributed by atoms with Crippen molar-refractivity contribution in [2.75, 3.05) is 7.11 Å². The van der Waals surface area contributed by atoms with Gasteiger partial charge in [-0.3, -0.25) is 9.59 Å². The van der Waals surface area contributed by atoms with Gasteiger partial charge < -0.3 is 4.74 Å². The highest BCUT2D eigenvalue weighted by atomic mass is 79.9. The van der Waals surface area contributed by atoms with Crippen LogP contribution >= 0.6 is 15.9 Å². The van der Waals surface area contributed by atoms with E-state index in [9.17, 15) is 9.59 Å².